The van der Waals surface area contributed by atoms with Crippen LogP contribution in [0.2, 0.25) is 0 Å². The third-order valence-corrected chi connectivity index (χ3v) is 2.38. The van der Waals surface area contributed by atoms with Crippen LogP contribution in [-0.4, -0.2) is 10.2 Å². The van der Waals surface area contributed by atoms with Crippen LogP contribution in [0.15, 0.2) is 36.4 Å². The summed E-state index contributed by atoms with van der Waals surface area (Å²) in [6.07, 6.45) is 0. The molecule has 0 saturated carbocycles. The van der Waals surface area contributed by atoms with Crippen LogP contribution in [0.4, 0.5) is 5.82 Å². The highest BCUT2D eigenvalue weighted by Crippen LogP contribution is 2.25. The SMILES string of the molecule is CC(N)c1cc(N)nnc1-c1ccccc1. The van der Waals surface area contributed by atoms with Gasteiger partial charge in [0.1, 0.15) is 5.82 Å². The van der Waals surface area contributed by atoms with Gasteiger partial charge < -0.3 is 11.5 Å². The number of aromatic nitrogens is 2. The van der Waals surface area contributed by atoms with Crippen molar-refractivity contribution in [1.29, 1.82) is 0 Å². The van der Waals surface area contributed by atoms with Gasteiger partial charge in [0.15, 0.2) is 0 Å². The van der Waals surface area contributed by atoms with Crippen LogP contribution in [0.1, 0.15) is 18.5 Å². The van der Waals surface area contributed by atoms with Gasteiger partial charge >= 0.3 is 0 Å². The summed E-state index contributed by atoms with van der Waals surface area (Å²) in [6, 6.07) is 11.5. The molecule has 1 atom stereocenters. The molecule has 0 spiro atoms. The van der Waals surface area contributed by atoms with Crippen molar-refractivity contribution in [3.05, 3.63) is 42.0 Å². The number of hydrogen-bond acceptors (Lipinski definition) is 4. The summed E-state index contributed by atoms with van der Waals surface area (Å²) in [6.45, 7) is 1.91. The zero-order valence-electron chi connectivity index (χ0n) is 9.09. The Morgan fingerprint density at radius 1 is 1.12 bits per heavy atom. The minimum Gasteiger partial charge on any atom is -0.382 e. The Morgan fingerprint density at radius 3 is 2.44 bits per heavy atom. The van der Waals surface area contributed by atoms with E-state index in [2.05, 4.69) is 10.2 Å². The fourth-order valence-corrected chi connectivity index (χ4v) is 1.59. The molecule has 0 radical (unpaired) electrons. The Morgan fingerprint density at radius 2 is 1.81 bits per heavy atom. The number of rotatable bonds is 2. The third kappa shape index (κ3) is 2.01. The van der Waals surface area contributed by atoms with Crippen LogP contribution >= 0.6 is 0 Å². The van der Waals surface area contributed by atoms with Crippen LogP contribution in [-0.2, 0) is 0 Å². The molecule has 4 nitrogen and oxygen atoms in total. The molecular weight excluding hydrogens is 200 g/mol. The van der Waals surface area contributed by atoms with Gasteiger partial charge in [0.05, 0.1) is 5.69 Å². The van der Waals surface area contributed by atoms with E-state index in [9.17, 15) is 0 Å². The van der Waals surface area contributed by atoms with Crippen molar-refractivity contribution in [3.8, 4) is 11.3 Å². The standard InChI is InChI=1S/C12H14N4/c1-8(13)10-7-11(14)15-16-12(10)9-5-3-2-4-6-9/h2-8H,13H2,1H3,(H2,14,15). The van der Waals surface area contributed by atoms with E-state index in [0.717, 1.165) is 16.8 Å². The molecular formula is C12H14N4. The predicted molar refractivity (Wildman–Crippen MR) is 64.5 cm³/mol. The largest absolute Gasteiger partial charge is 0.382 e. The van der Waals surface area contributed by atoms with E-state index in [1.807, 2.05) is 37.3 Å². The molecule has 0 aliphatic rings. The van der Waals surface area contributed by atoms with Gasteiger partial charge in [0.2, 0.25) is 0 Å². The summed E-state index contributed by atoms with van der Waals surface area (Å²) < 4.78 is 0. The number of benzene rings is 1. The average Bonchev–Trinajstić information content (AvgIpc) is 2.30. The maximum Gasteiger partial charge on any atom is 0.146 e. The molecule has 0 saturated heterocycles. The molecule has 0 bridgehead atoms. The molecule has 0 amide bonds. The van der Waals surface area contributed by atoms with Crippen molar-refractivity contribution in [2.24, 2.45) is 5.73 Å². The second kappa shape index (κ2) is 4.28. The quantitative estimate of drug-likeness (QED) is 0.798. The van der Waals surface area contributed by atoms with Gasteiger partial charge in [-0.2, -0.15) is 0 Å². The molecule has 0 aliphatic carbocycles. The molecule has 1 aromatic heterocycles. The molecule has 82 valence electrons. The molecule has 0 fully saturated rings. The molecule has 1 unspecified atom stereocenters. The Hall–Kier alpha value is -1.94. The first-order valence-electron chi connectivity index (χ1n) is 5.12. The van der Waals surface area contributed by atoms with Crippen LogP contribution in [0.5, 0.6) is 0 Å². The van der Waals surface area contributed by atoms with E-state index < -0.39 is 0 Å². The number of anilines is 1. The van der Waals surface area contributed by atoms with Crippen LogP contribution < -0.4 is 11.5 Å². The van der Waals surface area contributed by atoms with Gasteiger partial charge in [-0.25, -0.2) is 0 Å². The summed E-state index contributed by atoms with van der Waals surface area (Å²) >= 11 is 0. The highest BCUT2D eigenvalue weighted by atomic mass is 15.1. The van der Waals surface area contributed by atoms with Crippen LogP contribution in [0, 0.1) is 0 Å². The number of nitrogen functional groups attached to an aromatic ring is 1. The topological polar surface area (TPSA) is 77.8 Å². The molecule has 0 aliphatic heterocycles. The summed E-state index contributed by atoms with van der Waals surface area (Å²) in [4.78, 5) is 0. The van der Waals surface area contributed by atoms with Crippen LogP contribution in [0.3, 0.4) is 0 Å². The highest BCUT2D eigenvalue weighted by molar-refractivity contribution is 5.64. The molecule has 2 rings (SSSR count). The maximum absolute atomic E-state index is 5.90. The minimum absolute atomic E-state index is 0.118. The van der Waals surface area contributed by atoms with E-state index in [4.69, 9.17) is 11.5 Å². The van der Waals surface area contributed by atoms with E-state index >= 15 is 0 Å². The Balaban J connectivity index is 2.57. The van der Waals surface area contributed by atoms with E-state index in [1.165, 1.54) is 0 Å². The normalized spacial score (nSPS) is 12.4. The number of nitrogens with zero attached hydrogens (tertiary/aromatic N) is 2. The summed E-state index contributed by atoms with van der Waals surface area (Å²) in [7, 11) is 0. The Labute approximate surface area is 94.3 Å². The number of hydrogen-bond donors (Lipinski definition) is 2. The lowest BCUT2D eigenvalue weighted by Crippen LogP contribution is -2.10. The van der Waals surface area contributed by atoms with Crippen molar-refractivity contribution >= 4 is 5.82 Å². The van der Waals surface area contributed by atoms with Gasteiger partial charge in [0, 0.05) is 17.2 Å². The van der Waals surface area contributed by atoms with Crippen LogP contribution in [0.25, 0.3) is 11.3 Å². The lowest BCUT2D eigenvalue weighted by molar-refractivity contribution is 0.806. The molecule has 4 N–H and O–H groups in total. The average molecular weight is 214 g/mol. The van der Waals surface area contributed by atoms with Crippen molar-refractivity contribution in [2.45, 2.75) is 13.0 Å². The van der Waals surface area contributed by atoms with Crippen molar-refractivity contribution in [3.63, 3.8) is 0 Å². The first-order valence-corrected chi connectivity index (χ1v) is 5.12. The lowest BCUT2D eigenvalue weighted by atomic mass is 10.0. The first-order chi connectivity index (χ1) is 7.68. The molecule has 16 heavy (non-hydrogen) atoms. The fraction of sp³-hybridized carbons (Fsp3) is 0.167. The molecule has 2 aromatic rings. The predicted octanol–water partition coefficient (Wildman–Crippen LogP) is 1.75. The van der Waals surface area contributed by atoms with Gasteiger partial charge in [-0.3, -0.25) is 0 Å². The maximum atomic E-state index is 5.90. The van der Waals surface area contributed by atoms with Gasteiger partial charge in [-0.1, -0.05) is 30.3 Å². The van der Waals surface area contributed by atoms with E-state index in [1.54, 1.807) is 6.07 Å². The van der Waals surface area contributed by atoms with Gasteiger partial charge in [-0.15, -0.1) is 10.2 Å². The fourth-order valence-electron chi connectivity index (χ4n) is 1.59. The summed E-state index contributed by atoms with van der Waals surface area (Å²) in [5.74, 6) is 0.395. The van der Waals surface area contributed by atoms with E-state index in [-0.39, 0.29) is 6.04 Å². The lowest BCUT2D eigenvalue weighted by Gasteiger charge is -2.11. The second-order valence-corrected chi connectivity index (χ2v) is 3.73. The van der Waals surface area contributed by atoms with Gasteiger partial charge in [0.25, 0.3) is 0 Å². The van der Waals surface area contributed by atoms with Crippen molar-refractivity contribution < 1.29 is 0 Å². The molecule has 1 heterocycles. The third-order valence-electron chi connectivity index (χ3n) is 2.38. The first kappa shape index (κ1) is 10.6. The highest BCUT2D eigenvalue weighted by Gasteiger charge is 2.11. The zero-order valence-corrected chi connectivity index (χ0v) is 9.09. The smallest absolute Gasteiger partial charge is 0.146 e. The monoisotopic (exact) mass is 214 g/mol. The summed E-state index contributed by atoms with van der Waals surface area (Å²) in [5.41, 5.74) is 14.2. The number of nitrogens with two attached hydrogens (primary N) is 2. The molecule has 4 heteroatoms. The van der Waals surface area contributed by atoms with Gasteiger partial charge in [-0.05, 0) is 13.0 Å². The zero-order chi connectivity index (χ0) is 11.5. The molecule has 1 aromatic carbocycles. The van der Waals surface area contributed by atoms with Crippen molar-refractivity contribution in [2.75, 3.05) is 5.73 Å². The Bertz CT molecular complexity index is 480. The minimum atomic E-state index is -0.118. The second-order valence-electron chi connectivity index (χ2n) is 3.73. The summed E-state index contributed by atoms with van der Waals surface area (Å²) in [5, 5.41) is 7.99. The van der Waals surface area contributed by atoms with Crippen molar-refractivity contribution in [1.82, 2.24) is 10.2 Å². The Kier molecular flexibility index (Phi) is 2.83. The van der Waals surface area contributed by atoms with E-state index in [0.29, 0.717) is 5.82 Å².